The van der Waals surface area contributed by atoms with Crippen molar-refractivity contribution >= 4 is 11.8 Å². The van der Waals surface area contributed by atoms with E-state index in [0.717, 1.165) is 6.07 Å². The molecule has 2 bridgehead atoms. The number of amides is 2. The van der Waals surface area contributed by atoms with Gasteiger partial charge < -0.3 is 19.9 Å². The maximum atomic E-state index is 13.8. The molecule has 2 fully saturated rings. The van der Waals surface area contributed by atoms with Gasteiger partial charge in [-0.15, -0.1) is 0 Å². The van der Waals surface area contributed by atoms with Crippen LogP contribution in [-0.2, 0) is 13.1 Å². The van der Waals surface area contributed by atoms with Crippen LogP contribution in [0.3, 0.4) is 0 Å². The Morgan fingerprint density at radius 1 is 1.19 bits per heavy atom. The van der Waals surface area contributed by atoms with Crippen molar-refractivity contribution < 1.29 is 27.9 Å². The molecule has 3 heterocycles. The van der Waals surface area contributed by atoms with Gasteiger partial charge in [0.2, 0.25) is 0 Å². The van der Waals surface area contributed by atoms with Crippen LogP contribution in [0.25, 0.3) is 0 Å². The van der Waals surface area contributed by atoms with Crippen molar-refractivity contribution in [3.63, 3.8) is 0 Å². The van der Waals surface area contributed by atoms with Gasteiger partial charge in [-0.3, -0.25) is 14.4 Å². The van der Waals surface area contributed by atoms with Crippen molar-refractivity contribution in [2.75, 3.05) is 0 Å². The van der Waals surface area contributed by atoms with Crippen LogP contribution in [-0.4, -0.2) is 44.1 Å². The number of fused-ring (bicyclic) bond motifs is 6. The minimum Gasteiger partial charge on any atom is -0.388 e. The molecule has 1 aromatic heterocycles. The average molecular weight is 433 g/mol. The van der Waals surface area contributed by atoms with E-state index in [2.05, 4.69) is 5.32 Å². The predicted octanol–water partition coefficient (Wildman–Crippen LogP) is 1.32. The molecule has 2 aliphatic heterocycles. The second-order valence-electron chi connectivity index (χ2n) is 8.35. The number of benzene rings is 1. The summed E-state index contributed by atoms with van der Waals surface area (Å²) >= 11 is 0. The third kappa shape index (κ3) is 2.96. The summed E-state index contributed by atoms with van der Waals surface area (Å²) < 4.78 is 42.1. The van der Waals surface area contributed by atoms with Gasteiger partial charge in [-0.05, 0) is 19.3 Å². The van der Waals surface area contributed by atoms with Gasteiger partial charge in [-0.1, -0.05) is 0 Å². The second-order valence-corrected chi connectivity index (χ2v) is 8.35. The topological polar surface area (TPSA) is 91.6 Å². The summed E-state index contributed by atoms with van der Waals surface area (Å²) in [5.41, 5.74) is -2.41. The summed E-state index contributed by atoms with van der Waals surface area (Å²) in [6.07, 6.45) is 3.02. The monoisotopic (exact) mass is 433 g/mol. The Kier molecular flexibility index (Phi) is 4.27. The SMILES string of the molecule is O=C(NCc1c(F)cc(F)cc1F)c1cn2c(cc1=O)C(=O)N1C3CCC(O)(C3)C1C2. The number of piperidine rings is 1. The van der Waals surface area contributed by atoms with Gasteiger partial charge in [0.25, 0.3) is 11.8 Å². The van der Waals surface area contributed by atoms with Crippen LogP contribution >= 0.6 is 0 Å². The number of pyridine rings is 1. The zero-order valence-electron chi connectivity index (χ0n) is 16.2. The van der Waals surface area contributed by atoms with Crippen LogP contribution in [0.2, 0.25) is 0 Å². The van der Waals surface area contributed by atoms with Crippen LogP contribution < -0.4 is 10.7 Å². The Balaban J connectivity index is 1.42. The van der Waals surface area contributed by atoms with Gasteiger partial charge in [0.05, 0.1) is 11.6 Å². The Hall–Kier alpha value is -3.14. The molecule has 7 nitrogen and oxygen atoms in total. The average Bonchev–Trinajstić information content (AvgIpc) is 3.21. The number of rotatable bonds is 3. The lowest BCUT2D eigenvalue weighted by atomic mass is 9.91. The summed E-state index contributed by atoms with van der Waals surface area (Å²) in [5.74, 6) is -4.65. The lowest BCUT2D eigenvalue weighted by Gasteiger charge is -2.43. The zero-order chi connectivity index (χ0) is 22.1. The molecule has 0 radical (unpaired) electrons. The molecule has 1 saturated carbocycles. The Bertz CT molecular complexity index is 1170. The zero-order valence-corrected chi connectivity index (χ0v) is 16.2. The molecule has 31 heavy (non-hydrogen) atoms. The molecule has 5 rings (SSSR count). The standard InChI is InChI=1S/C21H18F3N3O4/c22-10-3-14(23)12(15(24)4-10)7-25-19(29)13-8-26-9-18-21(31)2-1-11(6-21)27(18)20(30)16(26)5-17(13)28/h3-5,8,11,18,31H,1-2,6-7,9H2,(H,25,29). The number of aliphatic hydroxyl groups is 1. The molecule has 1 saturated heterocycles. The van der Waals surface area contributed by atoms with Crippen molar-refractivity contribution in [2.45, 2.75) is 50.0 Å². The summed E-state index contributed by atoms with van der Waals surface area (Å²) in [5, 5.41) is 13.1. The number of hydrogen-bond donors (Lipinski definition) is 2. The van der Waals surface area contributed by atoms with Gasteiger partial charge in [0.1, 0.15) is 28.7 Å². The molecule has 2 aromatic rings. The highest BCUT2D eigenvalue weighted by Crippen LogP contribution is 2.48. The van der Waals surface area contributed by atoms with Gasteiger partial charge >= 0.3 is 0 Å². The first-order valence-corrected chi connectivity index (χ1v) is 9.89. The molecule has 10 heteroatoms. The van der Waals surface area contributed by atoms with Crippen molar-refractivity contribution in [1.82, 2.24) is 14.8 Å². The summed E-state index contributed by atoms with van der Waals surface area (Å²) in [7, 11) is 0. The number of carbonyl (C=O) groups excluding carboxylic acids is 2. The molecular weight excluding hydrogens is 415 g/mol. The van der Waals surface area contributed by atoms with Gasteiger partial charge in [-0.25, -0.2) is 13.2 Å². The number of hydrogen-bond acceptors (Lipinski definition) is 4. The van der Waals surface area contributed by atoms with Crippen LogP contribution in [0, 0.1) is 17.5 Å². The molecule has 2 N–H and O–H groups in total. The van der Waals surface area contributed by atoms with E-state index in [1.165, 1.54) is 10.8 Å². The molecule has 1 aromatic carbocycles. The molecular formula is C21H18F3N3O4. The van der Waals surface area contributed by atoms with E-state index in [9.17, 15) is 32.7 Å². The minimum absolute atomic E-state index is 0.0603. The largest absolute Gasteiger partial charge is 0.388 e. The second kappa shape index (κ2) is 6.68. The van der Waals surface area contributed by atoms with Gasteiger partial charge in [0, 0.05) is 49.1 Å². The molecule has 3 aliphatic rings. The molecule has 2 amide bonds. The van der Waals surface area contributed by atoms with E-state index >= 15 is 0 Å². The maximum Gasteiger partial charge on any atom is 0.271 e. The van der Waals surface area contributed by atoms with Crippen molar-refractivity contribution in [2.24, 2.45) is 0 Å². The van der Waals surface area contributed by atoms with E-state index < -0.39 is 52.5 Å². The Morgan fingerprint density at radius 2 is 1.90 bits per heavy atom. The van der Waals surface area contributed by atoms with Crippen LogP contribution in [0.1, 0.15) is 45.7 Å². The fourth-order valence-corrected chi connectivity index (χ4v) is 5.05. The van der Waals surface area contributed by atoms with Gasteiger partial charge in [0.15, 0.2) is 5.43 Å². The van der Waals surface area contributed by atoms with Crippen LogP contribution in [0.4, 0.5) is 13.2 Å². The van der Waals surface area contributed by atoms with Crippen molar-refractivity contribution in [3.8, 4) is 0 Å². The van der Waals surface area contributed by atoms with Crippen molar-refractivity contribution in [3.05, 3.63) is 68.9 Å². The molecule has 162 valence electrons. The van der Waals surface area contributed by atoms with Crippen molar-refractivity contribution in [1.29, 1.82) is 0 Å². The smallest absolute Gasteiger partial charge is 0.271 e. The Morgan fingerprint density at radius 3 is 2.61 bits per heavy atom. The molecule has 3 unspecified atom stereocenters. The van der Waals surface area contributed by atoms with E-state index in [1.54, 1.807) is 4.90 Å². The van der Waals surface area contributed by atoms with E-state index in [1.807, 2.05) is 0 Å². The number of nitrogens with zero attached hydrogens (tertiary/aromatic N) is 2. The first kappa shape index (κ1) is 19.8. The maximum absolute atomic E-state index is 13.8. The highest BCUT2D eigenvalue weighted by atomic mass is 19.1. The third-order valence-corrected chi connectivity index (χ3v) is 6.58. The van der Waals surface area contributed by atoms with E-state index in [0.29, 0.717) is 31.4 Å². The number of aromatic nitrogens is 1. The highest BCUT2D eigenvalue weighted by Gasteiger charge is 2.59. The Labute approximate surface area is 174 Å². The summed E-state index contributed by atoms with van der Waals surface area (Å²) in [6.45, 7) is -0.357. The van der Waals surface area contributed by atoms with Gasteiger partial charge in [-0.2, -0.15) is 0 Å². The number of carbonyl (C=O) groups is 2. The summed E-state index contributed by atoms with van der Waals surface area (Å²) in [4.78, 5) is 39.6. The quantitative estimate of drug-likeness (QED) is 0.764. The lowest BCUT2D eigenvalue weighted by molar-refractivity contribution is -0.0242. The number of nitrogens with one attached hydrogen (secondary N) is 1. The minimum atomic E-state index is -1.16. The van der Waals surface area contributed by atoms with E-state index in [4.69, 9.17) is 0 Å². The number of halogens is 3. The highest BCUT2D eigenvalue weighted by molar-refractivity contribution is 5.97. The molecule has 3 atom stereocenters. The van der Waals surface area contributed by atoms with Crippen LogP contribution in [0.5, 0.6) is 0 Å². The third-order valence-electron chi connectivity index (χ3n) is 6.58. The predicted molar refractivity (Wildman–Crippen MR) is 101 cm³/mol. The van der Waals surface area contributed by atoms with Crippen LogP contribution in [0.15, 0.2) is 29.2 Å². The fourth-order valence-electron chi connectivity index (χ4n) is 5.05. The summed E-state index contributed by atoms with van der Waals surface area (Å²) in [6, 6.07) is 1.57. The normalized spacial score (nSPS) is 26.1. The molecule has 1 aliphatic carbocycles. The molecule has 0 spiro atoms. The fraction of sp³-hybridized carbons (Fsp3) is 0.381. The first-order chi connectivity index (χ1) is 14.7. The van der Waals surface area contributed by atoms with E-state index in [-0.39, 0.29) is 29.8 Å². The lowest BCUT2D eigenvalue weighted by Crippen LogP contribution is -2.57. The first-order valence-electron chi connectivity index (χ1n) is 9.89.